The predicted molar refractivity (Wildman–Crippen MR) is 106 cm³/mol. The lowest BCUT2D eigenvalue weighted by molar-refractivity contribution is -0.114. The second-order valence-corrected chi connectivity index (χ2v) is 6.89. The molecule has 26 heavy (non-hydrogen) atoms. The minimum atomic E-state index is -0.137. The quantitative estimate of drug-likeness (QED) is 0.599. The van der Waals surface area contributed by atoms with Crippen molar-refractivity contribution in [2.75, 3.05) is 26.5 Å². The SMILES string of the molecule is CN=C(NCc1ccc(OC)c(NC(C)=O)c1)N(C)Cc1csc(C)n1. The Morgan fingerprint density at radius 3 is 2.77 bits per heavy atom. The van der Waals surface area contributed by atoms with Crippen molar-refractivity contribution < 1.29 is 9.53 Å². The first-order valence-electron chi connectivity index (χ1n) is 8.20. The van der Waals surface area contributed by atoms with Crippen molar-refractivity contribution in [2.45, 2.75) is 26.9 Å². The number of anilines is 1. The van der Waals surface area contributed by atoms with E-state index in [0.717, 1.165) is 22.2 Å². The fourth-order valence-corrected chi connectivity index (χ4v) is 3.12. The summed E-state index contributed by atoms with van der Waals surface area (Å²) in [7, 11) is 5.30. The van der Waals surface area contributed by atoms with Crippen LogP contribution in [0.1, 0.15) is 23.2 Å². The van der Waals surface area contributed by atoms with Gasteiger partial charge in [-0.05, 0) is 24.6 Å². The van der Waals surface area contributed by atoms with Crippen LogP contribution in [0.25, 0.3) is 0 Å². The first kappa shape index (κ1) is 19.7. The topological polar surface area (TPSA) is 78.9 Å². The Labute approximate surface area is 158 Å². The van der Waals surface area contributed by atoms with Crippen LogP contribution in [0.4, 0.5) is 5.69 Å². The molecular weight excluding hydrogens is 350 g/mol. The number of hydrogen-bond acceptors (Lipinski definition) is 5. The number of guanidine groups is 1. The maximum Gasteiger partial charge on any atom is 0.221 e. The van der Waals surface area contributed by atoms with Crippen LogP contribution in [0, 0.1) is 6.92 Å². The van der Waals surface area contributed by atoms with Gasteiger partial charge in [-0.1, -0.05) is 6.07 Å². The Balaban J connectivity index is 2.02. The fraction of sp³-hybridized carbons (Fsp3) is 0.389. The van der Waals surface area contributed by atoms with Gasteiger partial charge in [0, 0.05) is 32.9 Å². The van der Waals surface area contributed by atoms with Crippen LogP contribution >= 0.6 is 11.3 Å². The number of methoxy groups -OCH3 is 1. The minimum absolute atomic E-state index is 0.137. The van der Waals surface area contributed by atoms with Gasteiger partial charge >= 0.3 is 0 Å². The summed E-state index contributed by atoms with van der Waals surface area (Å²) < 4.78 is 5.28. The minimum Gasteiger partial charge on any atom is -0.495 e. The molecule has 1 aromatic carbocycles. The Bertz CT molecular complexity index is 788. The normalized spacial score (nSPS) is 11.2. The Morgan fingerprint density at radius 1 is 1.42 bits per heavy atom. The average Bonchev–Trinajstić information content (AvgIpc) is 3.00. The van der Waals surface area contributed by atoms with Crippen LogP contribution in [-0.2, 0) is 17.9 Å². The summed E-state index contributed by atoms with van der Waals surface area (Å²) in [6.07, 6.45) is 0. The molecule has 0 bridgehead atoms. The number of aliphatic imine (C=N–C) groups is 1. The molecule has 0 radical (unpaired) electrons. The summed E-state index contributed by atoms with van der Waals surface area (Å²) in [6, 6.07) is 5.69. The number of nitrogens with one attached hydrogen (secondary N) is 2. The van der Waals surface area contributed by atoms with Gasteiger partial charge in [0.05, 0.1) is 30.0 Å². The second kappa shape index (κ2) is 9.19. The van der Waals surface area contributed by atoms with Crippen molar-refractivity contribution >= 4 is 28.9 Å². The van der Waals surface area contributed by atoms with Gasteiger partial charge in [-0.25, -0.2) is 4.98 Å². The van der Waals surface area contributed by atoms with Crippen LogP contribution in [0.5, 0.6) is 5.75 Å². The lowest BCUT2D eigenvalue weighted by atomic mass is 10.2. The number of carbonyl (C=O) groups is 1. The van der Waals surface area contributed by atoms with Gasteiger partial charge in [-0.2, -0.15) is 0 Å². The molecule has 2 N–H and O–H groups in total. The molecule has 1 amide bonds. The molecule has 1 aromatic heterocycles. The molecule has 7 nitrogen and oxygen atoms in total. The number of aromatic nitrogens is 1. The van der Waals surface area contributed by atoms with Gasteiger partial charge in [-0.15, -0.1) is 11.3 Å². The Morgan fingerprint density at radius 2 is 2.19 bits per heavy atom. The van der Waals surface area contributed by atoms with Gasteiger partial charge in [0.2, 0.25) is 5.91 Å². The van der Waals surface area contributed by atoms with E-state index in [1.54, 1.807) is 25.5 Å². The highest BCUT2D eigenvalue weighted by atomic mass is 32.1. The molecule has 2 aromatic rings. The lowest BCUT2D eigenvalue weighted by Gasteiger charge is -2.21. The molecular formula is C18H25N5O2S. The van der Waals surface area contributed by atoms with E-state index in [1.807, 2.05) is 37.1 Å². The summed E-state index contributed by atoms with van der Waals surface area (Å²) >= 11 is 1.64. The molecule has 0 aliphatic rings. The van der Waals surface area contributed by atoms with Gasteiger partial charge in [-0.3, -0.25) is 9.79 Å². The van der Waals surface area contributed by atoms with Crippen molar-refractivity contribution in [2.24, 2.45) is 4.99 Å². The molecule has 0 atom stereocenters. The van der Waals surface area contributed by atoms with Crippen molar-refractivity contribution in [3.8, 4) is 5.75 Å². The van der Waals surface area contributed by atoms with E-state index >= 15 is 0 Å². The molecule has 0 spiro atoms. The summed E-state index contributed by atoms with van der Waals surface area (Å²) in [4.78, 5) is 22.2. The number of nitrogens with zero attached hydrogens (tertiary/aromatic N) is 3. The zero-order valence-corrected chi connectivity index (χ0v) is 16.6. The predicted octanol–water partition coefficient (Wildman–Crippen LogP) is 2.63. The zero-order valence-electron chi connectivity index (χ0n) is 15.8. The van der Waals surface area contributed by atoms with Gasteiger partial charge < -0.3 is 20.3 Å². The number of rotatable bonds is 6. The van der Waals surface area contributed by atoms with Crippen molar-refractivity contribution in [1.82, 2.24) is 15.2 Å². The molecule has 0 aliphatic heterocycles. The highest BCUT2D eigenvalue weighted by Gasteiger charge is 2.10. The third-order valence-electron chi connectivity index (χ3n) is 3.66. The lowest BCUT2D eigenvalue weighted by Crippen LogP contribution is -2.38. The molecule has 8 heteroatoms. The number of benzene rings is 1. The molecule has 0 saturated carbocycles. The van der Waals surface area contributed by atoms with Gasteiger partial charge in [0.25, 0.3) is 0 Å². The molecule has 0 unspecified atom stereocenters. The summed E-state index contributed by atoms with van der Waals surface area (Å²) in [5.74, 6) is 1.26. The van der Waals surface area contributed by atoms with E-state index < -0.39 is 0 Å². The molecule has 2 rings (SSSR count). The first-order valence-corrected chi connectivity index (χ1v) is 9.08. The van der Waals surface area contributed by atoms with Gasteiger partial charge in [0.1, 0.15) is 5.75 Å². The van der Waals surface area contributed by atoms with Crippen LogP contribution in [-0.4, -0.2) is 43.0 Å². The van der Waals surface area contributed by atoms with E-state index in [-0.39, 0.29) is 5.91 Å². The standard InChI is InChI=1S/C18H25N5O2S/c1-12(24)21-16-8-14(6-7-17(16)25-5)9-20-18(19-3)23(4)10-15-11-26-13(2)22-15/h6-8,11H,9-10H2,1-5H3,(H,19,20)(H,21,24). The summed E-state index contributed by atoms with van der Waals surface area (Å²) in [5.41, 5.74) is 2.68. The molecule has 1 heterocycles. The van der Waals surface area contributed by atoms with E-state index in [0.29, 0.717) is 24.5 Å². The average molecular weight is 375 g/mol. The van der Waals surface area contributed by atoms with Gasteiger partial charge in [0.15, 0.2) is 5.96 Å². The van der Waals surface area contributed by atoms with Crippen molar-refractivity contribution in [3.63, 3.8) is 0 Å². The fourth-order valence-electron chi connectivity index (χ4n) is 2.52. The van der Waals surface area contributed by atoms with Crippen LogP contribution < -0.4 is 15.4 Å². The summed E-state index contributed by atoms with van der Waals surface area (Å²) in [5, 5.41) is 9.23. The monoisotopic (exact) mass is 375 g/mol. The van der Waals surface area contributed by atoms with E-state index in [4.69, 9.17) is 4.74 Å². The zero-order chi connectivity index (χ0) is 19.1. The molecule has 0 aliphatic carbocycles. The Hall–Kier alpha value is -2.61. The number of amides is 1. The maximum absolute atomic E-state index is 11.4. The highest BCUT2D eigenvalue weighted by Crippen LogP contribution is 2.25. The molecule has 0 fully saturated rings. The van der Waals surface area contributed by atoms with E-state index in [1.165, 1.54) is 6.92 Å². The first-order chi connectivity index (χ1) is 12.4. The number of thiazole rings is 1. The smallest absolute Gasteiger partial charge is 0.221 e. The third-order valence-corrected chi connectivity index (χ3v) is 4.49. The molecule has 0 saturated heterocycles. The number of carbonyl (C=O) groups excluding carboxylic acids is 1. The van der Waals surface area contributed by atoms with Crippen molar-refractivity contribution in [3.05, 3.63) is 39.8 Å². The third kappa shape index (κ3) is 5.45. The van der Waals surface area contributed by atoms with Crippen molar-refractivity contribution in [1.29, 1.82) is 0 Å². The molecule has 140 valence electrons. The van der Waals surface area contributed by atoms with E-state index in [2.05, 4.69) is 26.0 Å². The number of hydrogen-bond donors (Lipinski definition) is 2. The van der Waals surface area contributed by atoms with Crippen LogP contribution in [0.2, 0.25) is 0 Å². The van der Waals surface area contributed by atoms with Crippen LogP contribution in [0.15, 0.2) is 28.6 Å². The number of ether oxygens (including phenoxy) is 1. The summed E-state index contributed by atoms with van der Waals surface area (Å²) in [6.45, 7) is 4.73. The highest BCUT2D eigenvalue weighted by molar-refractivity contribution is 7.09. The number of aryl methyl sites for hydroxylation is 1. The van der Waals surface area contributed by atoms with E-state index in [9.17, 15) is 4.79 Å². The second-order valence-electron chi connectivity index (χ2n) is 5.83. The maximum atomic E-state index is 11.4. The largest absolute Gasteiger partial charge is 0.495 e. The Kier molecular flexibility index (Phi) is 6.97. The van der Waals surface area contributed by atoms with Crippen LogP contribution in [0.3, 0.4) is 0 Å².